The van der Waals surface area contributed by atoms with E-state index in [1.54, 1.807) is 0 Å². The van der Waals surface area contributed by atoms with Crippen LogP contribution in [0.2, 0.25) is 0 Å². The summed E-state index contributed by atoms with van der Waals surface area (Å²) in [4.78, 5) is 27.0. The van der Waals surface area contributed by atoms with E-state index in [1.165, 1.54) is 0 Å². The Hall–Kier alpha value is -0.923. The highest BCUT2D eigenvalue weighted by atomic mass is 28.2. The minimum absolute atomic E-state index is 0.0231. The summed E-state index contributed by atoms with van der Waals surface area (Å²) < 4.78 is 0. The van der Waals surface area contributed by atoms with Gasteiger partial charge in [0.25, 0.3) is 0 Å². The van der Waals surface area contributed by atoms with E-state index in [0.717, 1.165) is 0 Å². The van der Waals surface area contributed by atoms with Crippen LogP contribution in [0.15, 0.2) is 0 Å². The molecule has 72 valence electrons. The van der Waals surface area contributed by atoms with Gasteiger partial charge in [0, 0.05) is 6.42 Å². The van der Waals surface area contributed by atoms with E-state index in [-0.39, 0.29) is 12.8 Å². The number of carboxylic acid groups (broad SMARTS) is 2. The van der Waals surface area contributed by atoms with Crippen LogP contribution in [0.1, 0.15) is 12.8 Å². The topological polar surface area (TPSA) is 121 Å². The van der Waals surface area contributed by atoms with Crippen molar-refractivity contribution in [3.05, 3.63) is 0 Å². The van der Waals surface area contributed by atoms with Crippen molar-refractivity contribution in [2.75, 3.05) is 0 Å². The average molecular weight is 195 g/mol. The Balaban J connectivity index is 0. The third kappa shape index (κ3) is 9.08. The molecule has 0 aliphatic carbocycles. The summed E-state index contributed by atoms with van der Waals surface area (Å²) in [5.41, 5.74) is 5.00. The summed E-state index contributed by atoms with van der Waals surface area (Å²) in [5.74, 6) is -2.20. The quantitative estimate of drug-likeness (QED) is 0.369. The molecule has 0 aromatic heterocycles. The van der Waals surface area contributed by atoms with Gasteiger partial charge >= 0.3 is 11.9 Å². The molecule has 0 bridgehead atoms. The Labute approximate surface area is 72.5 Å². The van der Waals surface area contributed by atoms with Crippen molar-refractivity contribution in [1.82, 2.24) is 0 Å². The Kier molecular flexibility index (Phi) is 9.30. The zero-order valence-corrected chi connectivity index (χ0v) is 8.73. The molecule has 0 spiro atoms. The molecule has 0 unspecified atom stereocenters. The van der Waals surface area contributed by atoms with Crippen LogP contribution < -0.4 is 5.73 Å². The fraction of sp³-hybridized carbons (Fsp3) is 0.600. The van der Waals surface area contributed by atoms with Gasteiger partial charge in [-0.3, -0.25) is 9.59 Å². The molecule has 0 aliphatic heterocycles. The normalized spacial score (nSPS) is 11.2. The van der Waals surface area contributed by atoms with Crippen LogP contribution in [-0.4, -0.2) is 43.5 Å². The number of hydrogen-bond acceptors (Lipinski definition) is 4. The van der Waals surface area contributed by atoms with E-state index in [1.807, 2.05) is 0 Å². The smallest absolute Gasteiger partial charge is 0.320 e. The second-order valence-electron chi connectivity index (χ2n) is 1.88. The van der Waals surface area contributed by atoms with Crippen molar-refractivity contribution in [3.63, 3.8) is 0 Å². The highest BCUT2D eigenvalue weighted by molar-refractivity contribution is 5.95. The SMILES string of the molecule is N[C@@H](CCC(=O)O)C(=O)O.O[SiH3]. The highest BCUT2D eigenvalue weighted by Crippen LogP contribution is 1.93. The van der Waals surface area contributed by atoms with Gasteiger partial charge in [-0.15, -0.1) is 0 Å². The van der Waals surface area contributed by atoms with Gasteiger partial charge in [-0.05, 0) is 6.42 Å². The fourth-order valence-electron chi connectivity index (χ4n) is 0.402. The van der Waals surface area contributed by atoms with Crippen LogP contribution in [0.3, 0.4) is 0 Å². The molecule has 0 rings (SSSR count). The average Bonchev–Trinajstić information content (AvgIpc) is 2.03. The number of nitrogens with two attached hydrogens (primary N) is 1. The van der Waals surface area contributed by atoms with Crippen molar-refractivity contribution < 1.29 is 24.6 Å². The first-order valence-corrected chi connectivity index (χ1v) is 4.08. The predicted octanol–water partition coefficient (Wildman–Crippen LogP) is -2.48. The van der Waals surface area contributed by atoms with Gasteiger partial charge in [0.2, 0.25) is 0 Å². The Morgan fingerprint density at radius 2 is 1.75 bits per heavy atom. The van der Waals surface area contributed by atoms with E-state index in [4.69, 9.17) is 20.7 Å². The fourth-order valence-corrected chi connectivity index (χ4v) is 0.402. The van der Waals surface area contributed by atoms with Crippen LogP contribution >= 0.6 is 0 Å². The van der Waals surface area contributed by atoms with Gasteiger partial charge in [-0.1, -0.05) is 0 Å². The lowest BCUT2D eigenvalue weighted by Crippen LogP contribution is -2.30. The van der Waals surface area contributed by atoms with Gasteiger partial charge in [0.15, 0.2) is 0 Å². The lowest BCUT2D eigenvalue weighted by molar-refractivity contribution is -0.139. The lowest BCUT2D eigenvalue weighted by Gasteiger charge is -2.01. The molecular weight excluding hydrogens is 182 g/mol. The largest absolute Gasteiger partial charge is 0.481 e. The summed E-state index contributed by atoms with van der Waals surface area (Å²) in [5, 5.41) is 16.3. The van der Waals surface area contributed by atoms with Crippen molar-refractivity contribution in [2.24, 2.45) is 5.73 Å². The Bertz CT molecular complexity index is 151. The lowest BCUT2D eigenvalue weighted by atomic mass is 10.2. The number of aliphatic carboxylic acids is 2. The first-order valence-electron chi connectivity index (χ1n) is 3.19. The zero-order valence-electron chi connectivity index (χ0n) is 6.73. The molecule has 6 nitrogen and oxygen atoms in total. The molecule has 12 heavy (non-hydrogen) atoms. The van der Waals surface area contributed by atoms with Gasteiger partial charge in [0.1, 0.15) is 16.5 Å². The van der Waals surface area contributed by atoms with E-state index in [0.29, 0.717) is 10.5 Å². The summed E-state index contributed by atoms with van der Waals surface area (Å²) in [7, 11) is 0.306. The van der Waals surface area contributed by atoms with E-state index < -0.39 is 18.0 Å². The zero-order chi connectivity index (χ0) is 10.1. The van der Waals surface area contributed by atoms with E-state index in [2.05, 4.69) is 0 Å². The van der Waals surface area contributed by atoms with Crippen LogP contribution in [0, 0.1) is 0 Å². The van der Waals surface area contributed by atoms with Crippen LogP contribution in [0.5, 0.6) is 0 Å². The van der Waals surface area contributed by atoms with Crippen LogP contribution in [0.4, 0.5) is 0 Å². The van der Waals surface area contributed by atoms with Crippen molar-refractivity contribution in [1.29, 1.82) is 0 Å². The summed E-state index contributed by atoms with van der Waals surface area (Å²) >= 11 is 0. The maximum atomic E-state index is 9.99. The molecule has 0 heterocycles. The third-order valence-electron chi connectivity index (χ3n) is 0.986. The third-order valence-corrected chi connectivity index (χ3v) is 0.986. The number of carboxylic acids is 2. The van der Waals surface area contributed by atoms with Gasteiger partial charge in [0.05, 0.1) is 0 Å². The first kappa shape index (κ1) is 13.7. The molecule has 0 saturated carbocycles. The van der Waals surface area contributed by atoms with Crippen molar-refractivity contribution in [2.45, 2.75) is 18.9 Å². The van der Waals surface area contributed by atoms with Crippen LogP contribution in [0.25, 0.3) is 0 Å². The molecule has 0 fully saturated rings. The van der Waals surface area contributed by atoms with Crippen molar-refractivity contribution >= 4 is 22.4 Å². The van der Waals surface area contributed by atoms with Gasteiger partial charge in [-0.2, -0.15) is 0 Å². The molecule has 7 heteroatoms. The highest BCUT2D eigenvalue weighted by Gasteiger charge is 2.12. The summed E-state index contributed by atoms with van der Waals surface area (Å²) in [6, 6.07) is -1.06. The molecule has 0 aliphatic rings. The Morgan fingerprint density at radius 3 is 2.00 bits per heavy atom. The molecular formula is C5H13NO5Si. The molecule has 1 atom stereocenters. The number of rotatable bonds is 4. The number of hydrogen-bond donors (Lipinski definition) is 4. The van der Waals surface area contributed by atoms with Crippen LogP contribution in [-0.2, 0) is 9.59 Å². The summed E-state index contributed by atoms with van der Waals surface area (Å²) in [6.07, 6.45) is -0.224. The number of carbonyl (C=O) groups is 2. The Morgan fingerprint density at radius 1 is 1.33 bits per heavy atom. The second-order valence-corrected chi connectivity index (χ2v) is 1.88. The molecule has 0 aromatic carbocycles. The van der Waals surface area contributed by atoms with Gasteiger partial charge < -0.3 is 20.7 Å². The second kappa shape index (κ2) is 8.18. The molecule has 5 N–H and O–H groups in total. The molecule has 0 amide bonds. The first-order chi connectivity index (χ1) is 5.54. The predicted molar refractivity (Wildman–Crippen MR) is 44.6 cm³/mol. The molecule has 0 saturated heterocycles. The maximum Gasteiger partial charge on any atom is 0.320 e. The van der Waals surface area contributed by atoms with Gasteiger partial charge in [-0.25, -0.2) is 0 Å². The standard InChI is InChI=1S/C5H9NO4.H4OSi/c6-3(5(9)10)1-2-4(7)8;1-2/h3H,1-2,6H2,(H,7,8)(H,9,10);1H,2H3/t3-;/m0./s1. The monoisotopic (exact) mass is 195 g/mol. The van der Waals surface area contributed by atoms with E-state index >= 15 is 0 Å². The maximum absolute atomic E-state index is 9.99. The minimum Gasteiger partial charge on any atom is -0.481 e. The minimum atomic E-state index is -1.17. The molecule has 0 radical (unpaired) electrons. The van der Waals surface area contributed by atoms with Crippen molar-refractivity contribution in [3.8, 4) is 0 Å². The summed E-state index contributed by atoms with van der Waals surface area (Å²) in [6.45, 7) is 0. The van der Waals surface area contributed by atoms with E-state index in [9.17, 15) is 9.59 Å². The molecule has 0 aromatic rings.